The molecular formula is C8H10Cl4O2. The lowest BCUT2D eigenvalue weighted by Gasteiger charge is -2.12. The second-order valence-corrected chi connectivity index (χ2v) is 6.05. The molecule has 0 bridgehead atoms. The average Bonchev–Trinajstić information content (AvgIpc) is 2.40. The molecular weight excluding hydrogens is 270 g/mol. The molecule has 0 unspecified atom stereocenters. The van der Waals surface area contributed by atoms with E-state index in [9.17, 15) is 4.79 Å². The van der Waals surface area contributed by atoms with E-state index in [0.717, 1.165) is 0 Å². The van der Waals surface area contributed by atoms with Gasteiger partial charge in [-0.05, 0) is 6.92 Å². The van der Waals surface area contributed by atoms with Gasteiger partial charge in [-0.1, -0.05) is 30.1 Å². The highest BCUT2D eigenvalue weighted by molar-refractivity contribution is 6.59. The number of rotatable bonds is 3. The Bertz CT molecular complexity index is 248. The van der Waals surface area contributed by atoms with Crippen molar-refractivity contribution in [3.05, 3.63) is 0 Å². The summed E-state index contributed by atoms with van der Waals surface area (Å²) < 4.78 is 3.79. The fraction of sp³-hybridized carbons (Fsp3) is 0.875. The van der Waals surface area contributed by atoms with Crippen LogP contribution in [-0.2, 0) is 9.53 Å². The Labute approximate surface area is 103 Å². The molecule has 1 aliphatic carbocycles. The number of esters is 1. The molecule has 0 heterocycles. The van der Waals surface area contributed by atoms with Gasteiger partial charge >= 0.3 is 5.97 Å². The molecule has 0 radical (unpaired) electrons. The van der Waals surface area contributed by atoms with Gasteiger partial charge in [0.05, 0.1) is 10.3 Å². The molecule has 0 aliphatic heterocycles. The van der Waals surface area contributed by atoms with Crippen molar-refractivity contribution in [2.75, 3.05) is 12.5 Å². The number of hydrogen-bond acceptors (Lipinski definition) is 2. The zero-order chi connectivity index (χ0) is 11.2. The first-order valence-corrected chi connectivity index (χ1v) is 5.66. The van der Waals surface area contributed by atoms with E-state index in [4.69, 9.17) is 51.1 Å². The van der Waals surface area contributed by atoms with Crippen LogP contribution in [0.25, 0.3) is 0 Å². The lowest BCUT2D eigenvalue weighted by molar-refractivity contribution is -0.142. The molecule has 1 fully saturated rings. The van der Waals surface area contributed by atoms with E-state index in [1.54, 1.807) is 13.8 Å². The second kappa shape index (κ2) is 3.58. The van der Waals surface area contributed by atoms with Gasteiger partial charge in [0, 0.05) is 0 Å². The maximum Gasteiger partial charge on any atom is 0.320 e. The van der Waals surface area contributed by atoms with Crippen LogP contribution in [0.2, 0.25) is 0 Å². The Kier molecular flexibility index (Phi) is 3.25. The van der Waals surface area contributed by atoms with Crippen LogP contribution in [0.1, 0.15) is 13.8 Å². The van der Waals surface area contributed by atoms with Crippen molar-refractivity contribution in [3.8, 4) is 0 Å². The summed E-state index contributed by atoms with van der Waals surface area (Å²) in [6.45, 7) is 3.55. The molecule has 2 nitrogen and oxygen atoms in total. The fourth-order valence-corrected chi connectivity index (χ4v) is 2.66. The largest absolute Gasteiger partial charge is 0.464 e. The summed E-state index contributed by atoms with van der Waals surface area (Å²) in [6.07, 6.45) is 0. The molecule has 0 aromatic rings. The van der Waals surface area contributed by atoms with Crippen LogP contribution in [0.4, 0.5) is 0 Å². The highest BCUT2D eigenvalue weighted by atomic mass is 35.5. The van der Waals surface area contributed by atoms with E-state index in [-0.39, 0.29) is 12.5 Å². The average molecular weight is 280 g/mol. The Morgan fingerprint density at radius 1 is 1.29 bits per heavy atom. The van der Waals surface area contributed by atoms with E-state index >= 15 is 0 Å². The standard InChI is InChI=1S/C8H10Cl4O2/c1-6(4-14-5(13)3-9)7(2,10)8(6,11)12/h3-4H2,1-2H3/t6-,7+/m1/s1. The van der Waals surface area contributed by atoms with E-state index in [1.807, 2.05) is 0 Å². The number of hydrogen-bond donors (Lipinski definition) is 0. The van der Waals surface area contributed by atoms with Crippen molar-refractivity contribution in [1.82, 2.24) is 0 Å². The minimum Gasteiger partial charge on any atom is -0.464 e. The first kappa shape index (κ1) is 12.7. The van der Waals surface area contributed by atoms with E-state index in [2.05, 4.69) is 0 Å². The third-order valence-electron chi connectivity index (χ3n) is 2.89. The smallest absolute Gasteiger partial charge is 0.320 e. The molecule has 1 aliphatic rings. The van der Waals surface area contributed by atoms with Gasteiger partial charge < -0.3 is 4.74 Å². The predicted octanol–water partition coefficient (Wildman–Crippen LogP) is 2.96. The molecule has 0 spiro atoms. The van der Waals surface area contributed by atoms with Crippen LogP contribution in [0.3, 0.4) is 0 Å². The fourth-order valence-electron chi connectivity index (χ4n) is 1.32. The van der Waals surface area contributed by atoms with Gasteiger partial charge in [-0.25, -0.2) is 0 Å². The minimum atomic E-state index is -1.08. The lowest BCUT2D eigenvalue weighted by Crippen LogP contribution is -2.19. The second-order valence-electron chi connectivity index (χ2n) is 3.70. The predicted molar refractivity (Wildman–Crippen MR) is 58.5 cm³/mol. The molecule has 2 atom stereocenters. The van der Waals surface area contributed by atoms with Crippen LogP contribution < -0.4 is 0 Å². The molecule has 0 amide bonds. The van der Waals surface area contributed by atoms with Gasteiger partial charge in [0.2, 0.25) is 0 Å². The maximum absolute atomic E-state index is 10.8. The third-order valence-corrected chi connectivity index (χ3v) is 5.59. The van der Waals surface area contributed by atoms with Crippen LogP contribution in [0.15, 0.2) is 0 Å². The summed E-state index contributed by atoms with van der Waals surface area (Å²) >= 11 is 23.3. The van der Waals surface area contributed by atoms with Crippen molar-refractivity contribution in [2.24, 2.45) is 5.41 Å². The monoisotopic (exact) mass is 278 g/mol. The van der Waals surface area contributed by atoms with E-state index in [1.165, 1.54) is 0 Å². The topological polar surface area (TPSA) is 26.3 Å². The van der Waals surface area contributed by atoms with Crippen LogP contribution >= 0.6 is 46.4 Å². The maximum atomic E-state index is 10.8. The first-order valence-electron chi connectivity index (χ1n) is 3.99. The van der Waals surface area contributed by atoms with Crippen molar-refractivity contribution >= 4 is 52.4 Å². The van der Waals surface area contributed by atoms with Gasteiger partial charge in [-0.2, -0.15) is 0 Å². The minimum absolute atomic E-state index is 0.0750. The number of carbonyl (C=O) groups is 1. The van der Waals surface area contributed by atoms with E-state index < -0.39 is 20.6 Å². The normalized spacial score (nSPS) is 39.3. The Hall–Kier alpha value is 0.630. The lowest BCUT2D eigenvalue weighted by atomic mass is 10.1. The van der Waals surface area contributed by atoms with Gasteiger partial charge in [-0.15, -0.1) is 23.2 Å². The molecule has 0 aromatic heterocycles. The zero-order valence-corrected chi connectivity index (χ0v) is 10.8. The van der Waals surface area contributed by atoms with Crippen LogP contribution in [0.5, 0.6) is 0 Å². The summed E-state index contributed by atoms with van der Waals surface area (Å²) in [5.74, 6) is -0.691. The molecule has 1 rings (SSSR count). The van der Waals surface area contributed by atoms with E-state index in [0.29, 0.717) is 0 Å². The number of ether oxygens (including phenoxy) is 1. The van der Waals surface area contributed by atoms with Crippen molar-refractivity contribution in [3.63, 3.8) is 0 Å². The molecule has 14 heavy (non-hydrogen) atoms. The molecule has 0 aromatic carbocycles. The Morgan fingerprint density at radius 3 is 2.00 bits per heavy atom. The van der Waals surface area contributed by atoms with Crippen LogP contribution in [0, 0.1) is 5.41 Å². The summed E-state index contributed by atoms with van der Waals surface area (Å²) in [5.41, 5.74) is -0.633. The first-order chi connectivity index (χ1) is 6.20. The summed E-state index contributed by atoms with van der Waals surface area (Å²) in [7, 11) is 0. The van der Waals surface area contributed by atoms with Crippen molar-refractivity contribution in [2.45, 2.75) is 23.1 Å². The Balaban J connectivity index is 2.59. The molecule has 0 saturated heterocycles. The molecule has 82 valence electrons. The number of halogens is 4. The summed E-state index contributed by atoms with van der Waals surface area (Å²) in [6, 6.07) is 0. The van der Waals surface area contributed by atoms with Gasteiger partial charge in [0.1, 0.15) is 16.8 Å². The van der Waals surface area contributed by atoms with Crippen LogP contribution in [-0.4, -0.2) is 27.7 Å². The zero-order valence-electron chi connectivity index (χ0n) is 7.74. The summed E-state index contributed by atoms with van der Waals surface area (Å²) in [5, 5.41) is 0. The van der Waals surface area contributed by atoms with Crippen molar-refractivity contribution in [1.29, 1.82) is 0 Å². The van der Waals surface area contributed by atoms with Gasteiger partial charge in [-0.3, -0.25) is 4.79 Å². The highest BCUT2D eigenvalue weighted by Crippen LogP contribution is 2.75. The Morgan fingerprint density at radius 2 is 1.71 bits per heavy atom. The van der Waals surface area contributed by atoms with Gasteiger partial charge in [0.25, 0.3) is 0 Å². The SMILES string of the molecule is C[C@]1(COC(=O)CCl)C(Cl)(Cl)[C@@]1(C)Cl. The summed E-state index contributed by atoms with van der Waals surface area (Å²) in [4.78, 5) is 10.0. The quantitative estimate of drug-likeness (QED) is 0.587. The number of alkyl halides is 4. The third kappa shape index (κ3) is 1.51. The molecule has 1 saturated carbocycles. The molecule has 6 heteroatoms. The highest BCUT2D eigenvalue weighted by Gasteiger charge is 2.82. The van der Waals surface area contributed by atoms with Gasteiger partial charge in [0.15, 0.2) is 0 Å². The molecule has 0 N–H and O–H groups in total. The number of carbonyl (C=O) groups excluding carboxylic acids is 1. The van der Waals surface area contributed by atoms with Crippen molar-refractivity contribution < 1.29 is 9.53 Å².